The van der Waals surface area contributed by atoms with E-state index in [1.54, 1.807) is 7.11 Å². The fourth-order valence-corrected chi connectivity index (χ4v) is 3.80. The van der Waals surface area contributed by atoms with Gasteiger partial charge in [0.2, 0.25) is 0 Å². The molecule has 2 heteroatoms. The maximum atomic E-state index is 6.63. The largest absolute Gasteiger partial charge is 0.496 e. The van der Waals surface area contributed by atoms with Gasteiger partial charge in [0.05, 0.1) is 7.11 Å². The molecule has 0 amide bonds. The van der Waals surface area contributed by atoms with Crippen molar-refractivity contribution in [1.82, 2.24) is 0 Å². The molecule has 3 atom stereocenters. The Morgan fingerprint density at radius 3 is 2.70 bits per heavy atom. The lowest BCUT2D eigenvalue weighted by Crippen LogP contribution is -2.27. The van der Waals surface area contributed by atoms with Gasteiger partial charge >= 0.3 is 0 Å². The minimum Gasteiger partial charge on any atom is -0.496 e. The quantitative estimate of drug-likeness (QED) is 0.876. The Kier molecular flexibility index (Phi) is 5.09. The second-order valence-electron chi connectivity index (χ2n) is 6.42. The van der Waals surface area contributed by atoms with Crippen LogP contribution < -0.4 is 10.5 Å². The lowest BCUT2D eigenvalue weighted by atomic mass is 9.74. The first-order chi connectivity index (χ1) is 9.56. The molecule has 20 heavy (non-hydrogen) atoms. The highest BCUT2D eigenvalue weighted by Crippen LogP contribution is 2.41. The van der Waals surface area contributed by atoms with Crippen LogP contribution in [-0.4, -0.2) is 7.11 Å². The van der Waals surface area contributed by atoms with Gasteiger partial charge in [-0.15, -0.1) is 0 Å². The van der Waals surface area contributed by atoms with Crippen molar-refractivity contribution in [2.24, 2.45) is 17.6 Å². The summed E-state index contributed by atoms with van der Waals surface area (Å²) in [6, 6.07) is 4.44. The molecule has 1 aromatic rings. The van der Waals surface area contributed by atoms with Crippen LogP contribution in [0.25, 0.3) is 0 Å². The molecule has 2 N–H and O–H groups in total. The van der Waals surface area contributed by atoms with Gasteiger partial charge in [-0.2, -0.15) is 0 Å². The topological polar surface area (TPSA) is 35.2 Å². The Morgan fingerprint density at radius 1 is 1.30 bits per heavy atom. The highest BCUT2D eigenvalue weighted by molar-refractivity contribution is 5.45. The molecule has 1 aromatic carbocycles. The fraction of sp³-hybridized carbons (Fsp3) is 0.667. The minimum atomic E-state index is 0.111. The van der Waals surface area contributed by atoms with Gasteiger partial charge in [0.25, 0.3) is 0 Å². The summed E-state index contributed by atoms with van der Waals surface area (Å²) in [4.78, 5) is 0. The van der Waals surface area contributed by atoms with Crippen LogP contribution in [0.4, 0.5) is 0 Å². The van der Waals surface area contributed by atoms with Gasteiger partial charge < -0.3 is 10.5 Å². The molecule has 0 aromatic heterocycles. The highest BCUT2D eigenvalue weighted by atomic mass is 16.5. The molecule has 1 aliphatic rings. The monoisotopic (exact) mass is 275 g/mol. The van der Waals surface area contributed by atoms with Crippen LogP contribution in [0.1, 0.15) is 61.8 Å². The van der Waals surface area contributed by atoms with Crippen molar-refractivity contribution in [2.75, 3.05) is 7.11 Å². The normalized spacial score (nSPS) is 24.4. The van der Waals surface area contributed by atoms with E-state index in [4.69, 9.17) is 10.5 Å². The van der Waals surface area contributed by atoms with Gasteiger partial charge in [0.1, 0.15) is 5.75 Å². The van der Waals surface area contributed by atoms with Crippen LogP contribution in [0, 0.1) is 25.7 Å². The lowest BCUT2D eigenvalue weighted by Gasteiger charge is -2.34. The van der Waals surface area contributed by atoms with Crippen molar-refractivity contribution in [3.8, 4) is 5.75 Å². The number of rotatable bonds is 4. The van der Waals surface area contributed by atoms with Crippen LogP contribution in [0.3, 0.4) is 0 Å². The average molecular weight is 275 g/mol. The van der Waals surface area contributed by atoms with Crippen molar-refractivity contribution >= 4 is 0 Å². The Bertz CT molecular complexity index is 455. The first kappa shape index (κ1) is 15.4. The van der Waals surface area contributed by atoms with Crippen LogP contribution >= 0.6 is 0 Å². The number of hydrogen-bond donors (Lipinski definition) is 1. The Balaban J connectivity index is 2.26. The Labute approximate surface area is 123 Å². The smallest absolute Gasteiger partial charge is 0.124 e. The van der Waals surface area contributed by atoms with E-state index in [0.717, 1.165) is 11.7 Å². The zero-order valence-corrected chi connectivity index (χ0v) is 13.4. The lowest BCUT2D eigenvalue weighted by molar-refractivity contribution is 0.227. The van der Waals surface area contributed by atoms with Crippen molar-refractivity contribution in [3.63, 3.8) is 0 Å². The predicted molar refractivity (Wildman–Crippen MR) is 85.1 cm³/mol. The van der Waals surface area contributed by atoms with E-state index >= 15 is 0 Å². The van der Waals surface area contributed by atoms with Crippen LogP contribution in [0.5, 0.6) is 5.75 Å². The predicted octanol–water partition coefficient (Wildman–Crippen LogP) is 4.53. The number of benzene rings is 1. The summed E-state index contributed by atoms with van der Waals surface area (Å²) in [5, 5.41) is 0. The molecule has 2 nitrogen and oxygen atoms in total. The standard InChI is InChI=1S/C18H29NO/c1-5-14-7-6-8-15(11-14)18(19)17-13(3)9-12(2)10-16(17)20-4/h9-10,14-15,18H,5-8,11,19H2,1-4H3. The molecule has 0 heterocycles. The molecular formula is C18H29NO. The van der Waals surface area contributed by atoms with Crippen molar-refractivity contribution < 1.29 is 4.74 Å². The molecule has 0 spiro atoms. The zero-order chi connectivity index (χ0) is 14.7. The van der Waals surface area contributed by atoms with E-state index in [0.29, 0.717) is 5.92 Å². The van der Waals surface area contributed by atoms with Crippen molar-refractivity contribution in [1.29, 1.82) is 0 Å². The third-order valence-electron chi connectivity index (χ3n) is 4.96. The van der Waals surface area contributed by atoms with Gasteiger partial charge in [0.15, 0.2) is 0 Å². The van der Waals surface area contributed by atoms with E-state index in [1.165, 1.54) is 48.8 Å². The molecule has 0 saturated heterocycles. The highest BCUT2D eigenvalue weighted by Gasteiger charge is 2.29. The van der Waals surface area contributed by atoms with E-state index in [-0.39, 0.29) is 6.04 Å². The molecule has 2 rings (SSSR count). The summed E-state index contributed by atoms with van der Waals surface area (Å²) < 4.78 is 5.59. The average Bonchev–Trinajstić information content (AvgIpc) is 2.45. The zero-order valence-electron chi connectivity index (χ0n) is 13.4. The summed E-state index contributed by atoms with van der Waals surface area (Å²) in [6.45, 7) is 6.57. The number of methoxy groups -OCH3 is 1. The van der Waals surface area contributed by atoms with Gasteiger partial charge in [-0.1, -0.05) is 32.3 Å². The molecule has 0 bridgehead atoms. The Morgan fingerprint density at radius 2 is 2.05 bits per heavy atom. The van der Waals surface area contributed by atoms with E-state index in [1.807, 2.05) is 0 Å². The maximum Gasteiger partial charge on any atom is 0.124 e. The van der Waals surface area contributed by atoms with Crippen molar-refractivity contribution in [2.45, 2.75) is 58.9 Å². The summed E-state index contributed by atoms with van der Waals surface area (Å²) in [5.74, 6) is 2.43. The maximum absolute atomic E-state index is 6.63. The second kappa shape index (κ2) is 6.62. The summed E-state index contributed by atoms with van der Waals surface area (Å²) in [7, 11) is 1.75. The van der Waals surface area contributed by atoms with Crippen LogP contribution in [-0.2, 0) is 0 Å². The summed E-state index contributed by atoms with van der Waals surface area (Å²) >= 11 is 0. The van der Waals surface area contributed by atoms with Gasteiger partial charge in [-0.25, -0.2) is 0 Å². The molecule has 0 aliphatic heterocycles. The molecule has 1 fully saturated rings. The fourth-order valence-electron chi connectivity index (χ4n) is 3.80. The first-order valence-corrected chi connectivity index (χ1v) is 7.97. The number of aryl methyl sites for hydroxylation is 2. The number of nitrogens with two attached hydrogens (primary N) is 1. The van der Waals surface area contributed by atoms with Gasteiger partial charge in [-0.05, 0) is 55.7 Å². The third kappa shape index (κ3) is 3.17. The Hall–Kier alpha value is -1.02. The summed E-state index contributed by atoms with van der Waals surface area (Å²) in [6.07, 6.45) is 6.52. The molecule has 0 radical (unpaired) electrons. The van der Waals surface area contributed by atoms with Crippen LogP contribution in [0.2, 0.25) is 0 Å². The van der Waals surface area contributed by atoms with Crippen LogP contribution in [0.15, 0.2) is 12.1 Å². The number of hydrogen-bond acceptors (Lipinski definition) is 2. The molecule has 1 saturated carbocycles. The van der Waals surface area contributed by atoms with E-state index in [2.05, 4.69) is 32.9 Å². The summed E-state index contributed by atoms with van der Waals surface area (Å²) in [5.41, 5.74) is 10.4. The van der Waals surface area contributed by atoms with E-state index < -0.39 is 0 Å². The molecule has 3 unspecified atom stereocenters. The minimum absolute atomic E-state index is 0.111. The molecule has 1 aliphatic carbocycles. The SMILES string of the molecule is CCC1CCCC(C(N)c2c(C)cc(C)cc2OC)C1. The van der Waals surface area contributed by atoms with Gasteiger partial charge in [0, 0.05) is 11.6 Å². The third-order valence-corrected chi connectivity index (χ3v) is 4.96. The van der Waals surface area contributed by atoms with Gasteiger partial charge in [-0.3, -0.25) is 0 Å². The number of ether oxygens (including phenoxy) is 1. The van der Waals surface area contributed by atoms with Crippen molar-refractivity contribution in [3.05, 3.63) is 28.8 Å². The molecular weight excluding hydrogens is 246 g/mol. The van der Waals surface area contributed by atoms with E-state index in [9.17, 15) is 0 Å². The first-order valence-electron chi connectivity index (χ1n) is 7.97. The second-order valence-corrected chi connectivity index (χ2v) is 6.42. The molecule has 112 valence electrons.